The average Bonchev–Trinajstić information content (AvgIpc) is 1.71. The number of carbonyl (C=O) groups is 3. The number of aliphatic imine (C=N–C) groups is 4. The van der Waals surface area contributed by atoms with Crippen molar-refractivity contribution in [3.05, 3.63) is 209 Å². The highest BCUT2D eigenvalue weighted by Gasteiger charge is 2.44. The molecule has 0 saturated carbocycles. The van der Waals surface area contributed by atoms with Gasteiger partial charge in [-0.05, 0) is 222 Å². The second-order valence-corrected chi connectivity index (χ2v) is 40.4. The fourth-order valence-corrected chi connectivity index (χ4v) is 19.8. The molecule has 6 heterocycles. The molecular formula is C80H93BrN8O10Si2. The average molecular weight is 1460 g/mol. The van der Waals surface area contributed by atoms with Crippen molar-refractivity contribution in [3.8, 4) is 0 Å². The lowest BCUT2D eigenvalue weighted by molar-refractivity contribution is -0.462. The van der Waals surface area contributed by atoms with Crippen molar-refractivity contribution in [3.63, 3.8) is 0 Å². The predicted octanol–water partition coefficient (Wildman–Crippen LogP) is 9.95. The number of fused-ring (bicyclic) bond motifs is 4. The zero-order valence-electron chi connectivity index (χ0n) is 62.0. The number of halogens is 1. The molecule has 0 radical (unpaired) electrons. The lowest BCUT2D eigenvalue weighted by Crippen LogP contribution is -2.49. The van der Waals surface area contributed by atoms with E-state index in [0.29, 0.717) is 55.6 Å². The van der Waals surface area contributed by atoms with Crippen LogP contribution >= 0.6 is 15.9 Å². The van der Waals surface area contributed by atoms with Gasteiger partial charge in [0.1, 0.15) is 70.8 Å². The van der Waals surface area contributed by atoms with E-state index in [9.17, 15) is 19.8 Å². The van der Waals surface area contributed by atoms with E-state index in [1.807, 2.05) is 58.5 Å². The van der Waals surface area contributed by atoms with Crippen LogP contribution in [0.4, 0.5) is 11.4 Å². The Hall–Kier alpha value is -9.32. The Balaban J connectivity index is 0.000000167. The molecule has 0 spiro atoms. The number of carboxylic acids is 3. The minimum atomic E-state index is -2.16. The van der Waals surface area contributed by atoms with Crippen molar-refractivity contribution in [1.29, 1.82) is 0 Å². The number of carbonyl (C=O) groups excluding carboxylic acids is 2. The largest absolute Gasteiger partial charge is 0.550 e. The van der Waals surface area contributed by atoms with Gasteiger partial charge in [0, 0.05) is 91.0 Å². The highest BCUT2D eigenvalue weighted by Crippen LogP contribution is 2.46. The van der Waals surface area contributed by atoms with Gasteiger partial charge in [-0.2, -0.15) is 0 Å². The zero-order chi connectivity index (χ0) is 74.0. The number of anilines is 2. The third-order valence-corrected chi connectivity index (χ3v) is 26.4. The highest BCUT2D eigenvalue weighted by molar-refractivity contribution is 9.10. The molecule has 5 aromatic rings. The van der Waals surface area contributed by atoms with Crippen molar-refractivity contribution in [2.45, 2.75) is 111 Å². The molecule has 8 aliphatic rings. The number of allylic oxidation sites excluding steroid dienone is 10. The molecule has 0 atom stereocenters. The summed E-state index contributed by atoms with van der Waals surface area (Å²) < 4.78 is 29.0. The van der Waals surface area contributed by atoms with Crippen LogP contribution in [0.15, 0.2) is 173 Å². The number of carboxylic acid groups (broad SMARTS) is 3. The Morgan fingerprint density at radius 3 is 1.24 bits per heavy atom. The number of hydrogen-bond acceptors (Lipinski definition) is 15. The minimum Gasteiger partial charge on any atom is -0.550 e. The summed E-state index contributed by atoms with van der Waals surface area (Å²) in [6, 6.07) is 30.0. The van der Waals surface area contributed by atoms with Crippen LogP contribution < -0.4 is 30.4 Å². The van der Waals surface area contributed by atoms with Gasteiger partial charge in [-0.3, -0.25) is 0 Å². The molecule has 0 unspecified atom stereocenters. The number of rotatable bonds is 10. The molecule has 2 aliphatic carbocycles. The molecular weight excluding hydrogens is 1370 g/mol. The first-order chi connectivity index (χ1) is 47.1. The lowest BCUT2D eigenvalue weighted by Gasteiger charge is -2.38. The number of nitrogens with zero attached hydrogens (tertiary/aromatic N) is 8. The maximum Gasteiger partial charge on any atom is 0.336 e. The zero-order valence-corrected chi connectivity index (χ0v) is 65.6. The lowest BCUT2D eigenvalue weighted by atomic mass is 9.86. The molecule has 0 aromatic heterocycles. The Kier molecular flexibility index (Phi) is 20.5. The van der Waals surface area contributed by atoms with E-state index >= 15 is 0 Å². The highest BCUT2D eigenvalue weighted by atomic mass is 79.9. The van der Waals surface area contributed by atoms with Gasteiger partial charge in [0.2, 0.25) is 23.6 Å². The third kappa shape index (κ3) is 15.6. The van der Waals surface area contributed by atoms with Crippen LogP contribution in [0, 0.1) is 0 Å². The van der Waals surface area contributed by atoms with Gasteiger partial charge in [-0.1, -0.05) is 56.5 Å². The Bertz CT molecular complexity index is 4710. The SMILES string of the molecule is CC(=O)[O-].CC1(C)COC(c2ccc(Br)c(C3=NC(C)(C)CO3)c2)=N1.CN(C)c1ccc2c(c1)[Si](C)(C)C1=CC(=[N+](C)C)C=CC1=C2c1ccc(C(=O)[O-])cc1C(=O)O.CN(C)c1ccc2c(c1)[Si](C)(C)C1=CC(=[N+](C)C)C=CC1=C2c1ccc(C2=NC(C)(C)CO2)cc1C1=NC(C)(C)CO1. The van der Waals surface area contributed by atoms with Crippen molar-refractivity contribution >= 4 is 118 Å². The molecule has 1 N–H and O–H groups in total. The number of ether oxygens (including phenoxy) is 4. The molecule has 528 valence electrons. The monoisotopic (exact) mass is 1460 g/mol. The third-order valence-electron chi connectivity index (χ3n) is 18.7. The van der Waals surface area contributed by atoms with Gasteiger partial charge >= 0.3 is 5.97 Å². The van der Waals surface area contributed by atoms with Crippen LogP contribution in [0.3, 0.4) is 0 Å². The smallest absolute Gasteiger partial charge is 0.336 e. The summed E-state index contributed by atoms with van der Waals surface area (Å²) in [5.74, 6) is -0.936. The molecule has 5 aromatic carbocycles. The van der Waals surface area contributed by atoms with Crippen molar-refractivity contribution < 1.29 is 57.8 Å². The van der Waals surface area contributed by atoms with Gasteiger partial charge in [0.05, 0.1) is 39.3 Å². The standard InChI is InChI=1S/C35H43N4O2Si.C27H28N2O4Si.C16H19BrN2O2.C2H4O2/c1-34(2)20-40-32(36-34)22-11-14-25(28(17-22)33-37-35(3,4)21-41-33)31-26-15-12-23(38(5)6)18-29(26)42(9,10)30-19-24(39(7)8)13-16-27(30)31;1-28(2)17-8-11-20-23(14-17)34(5,6)24-15-18(29(3)4)9-12-21(24)25(20)19-10-7-16(26(30)31)13-22(19)27(32)33;1-15(2)8-20-13(18-15)10-5-6-12(17)11(7-10)14-19-16(3,4)9-21-14;1-2(3)4/h11-19H,20-21H2,1-10H3;7-15H,1-6H3,(H-,30,31,32,33);5-7H,8-9H2,1-4H3;1H3,(H,3,4)/q+1;;;/p-1. The summed E-state index contributed by atoms with van der Waals surface area (Å²) in [6.45, 7) is 29.6. The van der Waals surface area contributed by atoms with Crippen molar-refractivity contribution in [2.75, 3.05) is 92.6 Å². The second-order valence-electron chi connectivity index (χ2n) is 30.9. The van der Waals surface area contributed by atoms with E-state index in [4.69, 9.17) is 38.8 Å². The van der Waals surface area contributed by atoms with Gasteiger partial charge in [0.25, 0.3) is 0 Å². The summed E-state index contributed by atoms with van der Waals surface area (Å²) in [5, 5.41) is 35.7. The van der Waals surface area contributed by atoms with Gasteiger partial charge < -0.3 is 53.7 Å². The Morgan fingerprint density at radius 2 is 0.861 bits per heavy atom. The van der Waals surface area contributed by atoms with E-state index in [0.717, 1.165) is 67.3 Å². The van der Waals surface area contributed by atoms with E-state index in [1.165, 1.54) is 61.0 Å². The molecule has 0 amide bonds. The molecule has 13 rings (SSSR count). The quantitative estimate of drug-likeness (QED) is 0.102. The molecule has 18 nitrogen and oxygen atoms in total. The second kappa shape index (κ2) is 27.9. The molecule has 6 aliphatic heterocycles. The first-order valence-corrected chi connectivity index (χ1v) is 40.5. The number of aliphatic carboxylic acids is 1. The van der Waals surface area contributed by atoms with Crippen LogP contribution in [-0.4, -0.2) is 188 Å². The maximum atomic E-state index is 12.2. The van der Waals surface area contributed by atoms with E-state index in [1.54, 1.807) is 6.07 Å². The molecule has 0 fully saturated rings. The predicted molar refractivity (Wildman–Crippen MR) is 412 cm³/mol. The first kappa shape index (κ1) is 74.4. The van der Waals surface area contributed by atoms with Gasteiger partial charge in [-0.15, -0.1) is 0 Å². The molecule has 0 bridgehead atoms. The fraction of sp³-hybridized carbons (Fsp3) is 0.362. The molecule has 101 heavy (non-hydrogen) atoms. The molecule has 0 saturated heterocycles. The van der Waals surface area contributed by atoms with Crippen LogP contribution in [0.5, 0.6) is 0 Å². The number of benzene rings is 5. The van der Waals surface area contributed by atoms with E-state index in [-0.39, 0.29) is 33.3 Å². The number of hydrogen-bond donors (Lipinski definition) is 1. The van der Waals surface area contributed by atoms with Crippen molar-refractivity contribution in [2.24, 2.45) is 20.0 Å². The summed E-state index contributed by atoms with van der Waals surface area (Å²) in [7, 11) is 12.3. The van der Waals surface area contributed by atoms with Crippen LogP contribution in [0.25, 0.3) is 11.1 Å². The summed E-state index contributed by atoms with van der Waals surface area (Å²) in [5.41, 5.74) is 15.6. The fourth-order valence-electron chi connectivity index (χ4n) is 13.2. The van der Waals surface area contributed by atoms with Gasteiger partial charge in [0.15, 0.2) is 11.4 Å². The maximum absolute atomic E-state index is 12.2. The van der Waals surface area contributed by atoms with Gasteiger partial charge in [-0.25, -0.2) is 33.9 Å². The summed E-state index contributed by atoms with van der Waals surface area (Å²) in [6.07, 6.45) is 13.3. The Labute approximate surface area is 604 Å². The first-order valence-electron chi connectivity index (χ1n) is 33.7. The summed E-state index contributed by atoms with van der Waals surface area (Å²) >= 11 is 3.57. The van der Waals surface area contributed by atoms with Crippen LogP contribution in [0.1, 0.15) is 128 Å². The van der Waals surface area contributed by atoms with Crippen LogP contribution in [0.2, 0.25) is 26.2 Å². The van der Waals surface area contributed by atoms with E-state index < -0.39 is 34.1 Å². The van der Waals surface area contributed by atoms with Crippen LogP contribution in [-0.2, 0) is 23.7 Å². The minimum absolute atomic E-state index is 0.0525. The number of aromatic carboxylic acids is 2. The van der Waals surface area contributed by atoms with E-state index in [2.05, 4.69) is 234 Å². The molecule has 21 heteroatoms. The topological polar surface area (TPSA) is 216 Å². The Morgan fingerprint density at radius 1 is 0.495 bits per heavy atom. The van der Waals surface area contributed by atoms with Crippen molar-refractivity contribution in [1.82, 2.24) is 0 Å². The normalized spacial score (nSPS) is 19.0. The summed E-state index contributed by atoms with van der Waals surface area (Å²) in [4.78, 5) is 56.0.